The highest BCUT2D eigenvalue weighted by Gasteiger charge is 2.26. The van der Waals surface area contributed by atoms with Gasteiger partial charge < -0.3 is 14.0 Å². The highest BCUT2D eigenvalue weighted by atomic mass is 32.1. The Hall–Kier alpha value is -4.53. The lowest BCUT2D eigenvalue weighted by molar-refractivity contribution is 0.0622. The lowest BCUT2D eigenvalue weighted by atomic mass is 10.1. The smallest absolute Gasteiger partial charge is 0.256 e. The van der Waals surface area contributed by atoms with E-state index < -0.39 is 5.82 Å². The van der Waals surface area contributed by atoms with Crippen molar-refractivity contribution >= 4 is 33.0 Å². The number of fused-ring (bicyclic) bond motifs is 2. The number of pyridine rings is 1. The maximum Gasteiger partial charge on any atom is 0.256 e. The van der Waals surface area contributed by atoms with Crippen LogP contribution in [0.3, 0.4) is 0 Å². The number of aromatic nitrogens is 2. The molecule has 0 atom stereocenters. The van der Waals surface area contributed by atoms with Crippen LogP contribution >= 0.6 is 11.3 Å². The fourth-order valence-corrected chi connectivity index (χ4v) is 6.67. The molecule has 210 valence electrons. The number of nitrogens with zero attached hydrogens (tertiary/aromatic N) is 4. The van der Waals surface area contributed by atoms with Crippen LogP contribution < -0.4 is 4.74 Å². The zero-order chi connectivity index (χ0) is 28.6. The molecular weight excluding hydrogens is 547 g/mol. The molecule has 1 amide bonds. The molecule has 0 N–H and O–H groups in total. The minimum atomic E-state index is -0.478. The summed E-state index contributed by atoms with van der Waals surface area (Å²) < 4.78 is 23.1. The molecule has 1 fully saturated rings. The number of piperazine rings is 1. The number of amides is 1. The van der Waals surface area contributed by atoms with Crippen molar-refractivity contribution in [2.75, 3.05) is 33.3 Å². The number of ether oxygens (including phenoxy) is 1. The second-order valence-electron chi connectivity index (χ2n) is 10.5. The van der Waals surface area contributed by atoms with Gasteiger partial charge in [0.2, 0.25) is 0 Å². The van der Waals surface area contributed by atoms with Gasteiger partial charge in [-0.25, -0.2) is 9.37 Å². The van der Waals surface area contributed by atoms with Gasteiger partial charge >= 0.3 is 0 Å². The van der Waals surface area contributed by atoms with E-state index in [2.05, 4.69) is 58.0 Å². The number of benzene rings is 3. The Kier molecular flexibility index (Phi) is 6.93. The molecule has 1 aliphatic rings. The molecule has 4 heterocycles. The fraction of sp³-hybridized carbons (Fsp3) is 0.176. The third kappa shape index (κ3) is 4.93. The molecule has 1 saturated heterocycles. The maximum atomic E-state index is 14.3. The molecule has 0 radical (unpaired) electrons. The number of carbonyl (C=O) groups excluding carboxylic acids is 1. The predicted octanol–water partition coefficient (Wildman–Crippen LogP) is 6.99. The van der Waals surface area contributed by atoms with Gasteiger partial charge in [-0.1, -0.05) is 30.3 Å². The fourth-order valence-electron chi connectivity index (χ4n) is 5.62. The Bertz CT molecular complexity index is 1870. The van der Waals surface area contributed by atoms with Crippen molar-refractivity contribution in [2.24, 2.45) is 0 Å². The molecule has 0 bridgehead atoms. The minimum Gasteiger partial charge on any atom is -0.497 e. The van der Waals surface area contributed by atoms with Crippen molar-refractivity contribution in [3.63, 3.8) is 0 Å². The minimum absolute atomic E-state index is 0.128. The maximum absolute atomic E-state index is 14.3. The molecule has 3 aromatic heterocycles. The van der Waals surface area contributed by atoms with Crippen molar-refractivity contribution in [2.45, 2.75) is 6.54 Å². The average Bonchev–Trinajstić information content (AvgIpc) is 3.63. The van der Waals surface area contributed by atoms with Crippen LogP contribution in [0.5, 0.6) is 5.75 Å². The predicted molar refractivity (Wildman–Crippen MR) is 166 cm³/mol. The summed E-state index contributed by atoms with van der Waals surface area (Å²) in [6, 6.07) is 29.1. The van der Waals surface area contributed by atoms with Crippen LogP contribution in [0, 0.1) is 5.82 Å². The summed E-state index contributed by atoms with van der Waals surface area (Å²) in [7, 11) is 1.66. The Morgan fingerprint density at radius 2 is 1.64 bits per heavy atom. The molecule has 1 aliphatic heterocycles. The van der Waals surface area contributed by atoms with Crippen LogP contribution in [0.25, 0.3) is 37.4 Å². The van der Waals surface area contributed by atoms with E-state index in [0.29, 0.717) is 32.7 Å². The molecule has 0 saturated carbocycles. The second kappa shape index (κ2) is 11.0. The van der Waals surface area contributed by atoms with E-state index in [4.69, 9.17) is 9.72 Å². The Morgan fingerprint density at radius 1 is 0.905 bits per heavy atom. The van der Waals surface area contributed by atoms with Crippen molar-refractivity contribution < 1.29 is 13.9 Å². The van der Waals surface area contributed by atoms with Crippen LogP contribution in [0.15, 0.2) is 97.2 Å². The van der Waals surface area contributed by atoms with Gasteiger partial charge in [0.15, 0.2) is 0 Å². The summed E-state index contributed by atoms with van der Waals surface area (Å²) in [5, 5.41) is 1.24. The van der Waals surface area contributed by atoms with Gasteiger partial charge in [0.1, 0.15) is 17.2 Å². The van der Waals surface area contributed by atoms with Crippen molar-refractivity contribution in [3.05, 3.63) is 114 Å². The first-order chi connectivity index (χ1) is 20.6. The molecule has 6 aromatic rings. The Labute approximate surface area is 247 Å². The van der Waals surface area contributed by atoms with Crippen molar-refractivity contribution in [1.29, 1.82) is 0 Å². The van der Waals surface area contributed by atoms with E-state index in [9.17, 15) is 9.18 Å². The first-order valence-electron chi connectivity index (χ1n) is 14.0. The van der Waals surface area contributed by atoms with Gasteiger partial charge in [0.25, 0.3) is 5.91 Å². The molecule has 0 aliphatic carbocycles. The topological polar surface area (TPSA) is 50.1 Å². The summed E-state index contributed by atoms with van der Waals surface area (Å²) >= 11 is 1.79. The number of halogens is 1. The van der Waals surface area contributed by atoms with Gasteiger partial charge in [-0.3, -0.25) is 9.69 Å². The third-order valence-corrected chi connectivity index (χ3v) is 9.09. The quantitative estimate of drug-likeness (QED) is 0.215. The average molecular weight is 577 g/mol. The van der Waals surface area contributed by atoms with Crippen LogP contribution in [-0.4, -0.2) is 58.4 Å². The molecule has 42 heavy (non-hydrogen) atoms. The number of hydrogen-bond donors (Lipinski definition) is 0. The van der Waals surface area contributed by atoms with E-state index in [1.807, 2.05) is 24.3 Å². The Morgan fingerprint density at radius 3 is 2.40 bits per heavy atom. The SMILES string of the molecule is COc1ccc(-c2nc3ccc(-c4cc5ccccc5s4)cn3c2CN2CCN(C(=O)c3ccccc3F)CC2)cc1. The second-order valence-corrected chi connectivity index (χ2v) is 11.6. The summed E-state index contributed by atoms with van der Waals surface area (Å²) in [6.45, 7) is 3.11. The zero-order valence-electron chi connectivity index (χ0n) is 23.2. The van der Waals surface area contributed by atoms with Crippen molar-refractivity contribution in [3.8, 4) is 27.4 Å². The summed E-state index contributed by atoms with van der Waals surface area (Å²) in [6.07, 6.45) is 2.19. The molecule has 0 spiro atoms. The largest absolute Gasteiger partial charge is 0.497 e. The van der Waals surface area contributed by atoms with E-state index >= 15 is 0 Å². The third-order valence-electron chi connectivity index (χ3n) is 7.93. The van der Waals surface area contributed by atoms with Crippen molar-refractivity contribution in [1.82, 2.24) is 19.2 Å². The zero-order valence-corrected chi connectivity index (χ0v) is 24.0. The summed E-state index contributed by atoms with van der Waals surface area (Å²) in [5.41, 5.74) is 5.19. The van der Waals surface area contributed by atoms with Crippen LogP contribution in [0.1, 0.15) is 16.1 Å². The molecule has 6 nitrogen and oxygen atoms in total. The molecule has 3 aromatic carbocycles. The lowest BCUT2D eigenvalue weighted by Gasteiger charge is -2.34. The van der Waals surface area contributed by atoms with Gasteiger partial charge in [-0.15, -0.1) is 11.3 Å². The first kappa shape index (κ1) is 26.4. The highest BCUT2D eigenvalue weighted by Crippen LogP contribution is 2.35. The van der Waals surface area contributed by atoms with Crippen LogP contribution in [0.2, 0.25) is 0 Å². The number of thiophene rings is 1. The first-order valence-corrected chi connectivity index (χ1v) is 14.8. The van der Waals surface area contributed by atoms with Gasteiger partial charge in [-0.2, -0.15) is 0 Å². The molecule has 7 rings (SSSR count). The normalized spacial score (nSPS) is 14.1. The monoisotopic (exact) mass is 576 g/mol. The number of hydrogen-bond acceptors (Lipinski definition) is 5. The number of carbonyl (C=O) groups is 1. The van der Waals surface area contributed by atoms with E-state index in [0.717, 1.165) is 33.9 Å². The summed E-state index contributed by atoms with van der Waals surface area (Å²) in [4.78, 5) is 23.4. The number of methoxy groups -OCH3 is 1. The Balaban J connectivity index is 1.21. The summed E-state index contributed by atoms with van der Waals surface area (Å²) in [5.74, 6) is 0.0652. The van der Waals surface area contributed by atoms with Crippen LogP contribution in [-0.2, 0) is 6.54 Å². The van der Waals surface area contributed by atoms with E-state index in [1.54, 1.807) is 41.5 Å². The van der Waals surface area contributed by atoms with Gasteiger partial charge in [-0.05, 0) is 66.0 Å². The van der Waals surface area contributed by atoms with Crippen LogP contribution in [0.4, 0.5) is 4.39 Å². The van der Waals surface area contributed by atoms with E-state index in [-0.39, 0.29) is 11.5 Å². The lowest BCUT2D eigenvalue weighted by Crippen LogP contribution is -2.48. The molecular formula is C34H29FN4O2S. The molecule has 8 heteroatoms. The number of imidazole rings is 1. The van der Waals surface area contributed by atoms with E-state index in [1.165, 1.54) is 21.0 Å². The standard InChI is InChI=1S/C34H29FN4O2S/c1-41-26-13-10-23(11-14-26)33-29(22-37-16-18-38(19-17-37)34(40)27-7-3-4-8-28(27)35)39-21-25(12-15-32(39)36-33)31-20-24-6-2-5-9-30(24)42-31/h2-15,20-21H,16-19,22H2,1H3. The molecule has 0 unspecified atom stereocenters. The number of rotatable bonds is 6. The van der Waals surface area contributed by atoms with Gasteiger partial charge in [0.05, 0.1) is 24.1 Å². The van der Waals surface area contributed by atoms with Gasteiger partial charge in [0, 0.05) is 59.6 Å². The highest BCUT2D eigenvalue weighted by molar-refractivity contribution is 7.22.